The average molecular weight is 466 g/mol. The smallest absolute Gasteiger partial charge is 0.212 e. The Labute approximate surface area is 193 Å². The van der Waals surface area contributed by atoms with E-state index in [1.165, 1.54) is 38.5 Å². The van der Waals surface area contributed by atoms with Crippen LogP contribution in [0, 0.1) is 5.92 Å². The first-order valence-corrected chi connectivity index (χ1v) is 11.5. The molecule has 0 atom stereocenters. The van der Waals surface area contributed by atoms with E-state index in [0.717, 1.165) is 49.4 Å². The number of aromatic nitrogens is 2. The molecule has 9 heteroatoms. The van der Waals surface area contributed by atoms with Crippen LogP contribution in [0.5, 0.6) is 0 Å². The monoisotopic (exact) mass is 465 g/mol. The molecule has 0 spiro atoms. The first kappa shape index (κ1) is 23.7. The summed E-state index contributed by atoms with van der Waals surface area (Å²) in [6, 6.07) is 3.60. The van der Waals surface area contributed by atoms with Crippen LogP contribution in [0.15, 0.2) is 24.5 Å². The molecule has 0 radical (unpaired) electrons. The number of hydrogen-bond acceptors (Lipinski definition) is 6. The lowest BCUT2D eigenvalue weighted by molar-refractivity contribution is -0.105. The van der Waals surface area contributed by atoms with Crippen molar-refractivity contribution in [3.63, 3.8) is 0 Å². The minimum atomic E-state index is 0.409. The molecule has 1 amide bonds. The summed E-state index contributed by atoms with van der Waals surface area (Å²) in [7, 11) is 0. The van der Waals surface area contributed by atoms with E-state index in [1.807, 2.05) is 6.07 Å². The topological polar surface area (TPSA) is 88.2 Å². The first-order chi connectivity index (χ1) is 15.2. The van der Waals surface area contributed by atoms with Crippen LogP contribution in [-0.4, -0.2) is 49.2 Å². The van der Waals surface area contributed by atoms with E-state index in [1.54, 1.807) is 12.3 Å². The molecule has 4 heterocycles. The lowest BCUT2D eigenvalue weighted by atomic mass is 10.0. The summed E-state index contributed by atoms with van der Waals surface area (Å²) >= 11 is 12.5. The summed E-state index contributed by atoms with van der Waals surface area (Å²) in [5.74, 6) is 0.974. The number of carbonyl (C=O) groups is 1. The summed E-state index contributed by atoms with van der Waals surface area (Å²) in [5.41, 5.74) is 2.27. The number of rotatable bonds is 6. The summed E-state index contributed by atoms with van der Waals surface area (Å²) in [6.07, 6.45) is 10.00. The zero-order valence-electron chi connectivity index (χ0n) is 17.5. The highest BCUT2D eigenvalue weighted by molar-refractivity contribution is 6.33. The summed E-state index contributed by atoms with van der Waals surface area (Å²) in [4.78, 5) is 18.9. The molecular weight excluding hydrogens is 437 g/mol. The van der Waals surface area contributed by atoms with Gasteiger partial charge in [-0.15, -0.1) is 0 Å². The minimum absolute atomic E-state index is 0.409. The molecule has 2 aromatic heterocycles. The SMILES string of the molecule is C1CCNCC1.O=CNc1cc(-c2cnc(Cl)c(NCC3CCOCC3)c2)c(Cl)cn1. The van der Waals surface area contributed by atoms with Gasteiger partial charge in [-0.3, -0.25) is 4.79 Å². The minimum Gasteiger partial charge on any atom is -0.382 e. The molecule has 0 saturated carbocycles. The number of pyridine rings is 2. The number of carbonyl (C=O) groups excluding carboxylic acids is 1. The zero-order valence-corrected chi connectivity index (χ0v) is 19.0. The van der Waals surface area contributed by atoms with Crippen molar-refractivity contribution in [1.82, 2.24) is 15.3 Å². The van der Waals surface area contributed by atoms with E-state index in [0.29, 0.717) is 28.3 Å². The molecule has 2 saturated heterocycles. The maximum atomic E-state index is 10.6. The summed E-state index contributed by atoms with van der Waals surface area (Å²) < 4.78 is 5.38. The molecule has 168 valence electrons. The Kier molecular flexibility index (Phi) is 9.81. The van der Waals surface area contributed by atoms with Gasteiger partial charge in [-0.05, 0) is 56.8 Å². The Balaban J connectivity index is 0.000000391. The van der Waals surface area contributed by atoms with Crippen LogP contribution in [-0.2, 0) is 9.53 Å². The largest absolute Gasteiger partial charge is 0.382 e. The molecule has 2 fully saturated rings. The molecule has 0 aliphatic carbocycles. The van der Waals surface area contributed by atoms with Crippen molar-refractivity contribution in [2.24, 2.45) is 5.92 Å². The third-order valence-corrected chi connectivity index (χ3v) is 5.94. The third-order valence-electron chi connectivity index (χ3n) is 5.34. The van der Waals surface area contributed by atoms with Crippen molar-refractivity contribution < 1.29 is 9.53 Å². The van der Waals surface area contributed by atoms with Gasteiger partial charge in [-0.1, -0.05) is 29.6 Å². The molecule has 2 aromatic rings. The van der Waals surface area contributed by atoms with Gasteiger partial charge < -0.3 is 20.7 Å². The Morgan fingerprint density at radius 2 is 1.87 bits per heavy atom. The predicted octanol–water partition coefficient (Wildman–Crippen LogP) is 4.62. The lowest BCUT2D eigenvalue weighted by Gasteiger charge is -2.23. The second kappa shape index (κ2) is 12.8. The number of hydrogen-bond donors (Lipinski definition) is 3. The predicted molar refractivity (Wildman–Crippen MR) is 126 cm³/mol. The maximum Gasteiger partial charge on any atom is 0.212 e. The van der Waals surface area contributed by atoms with Crippen LogP contribution in [0.4, 0.5) is 11.5 Å². The number of nitrogens with one attached hydrogen (secondary N) is 3. The van der Waals surface area contributed by atoms with Crippen molar-refractivity contribution in [3.05, 3.63) is 34.7 Å². The molecule has 7 nitrogen and oxygen atoms in total. The Morgan fingerprint density at radius 1 is 1.10 bits per heavy atom. The van der Waals surface area contributed by atoms with Crippen LogP contribution < -0.4 is 16.0 Å². The van der Waals surface area contributed by atoms with Crippen LogP contribution in [0.1, 0.15) is 32.1 Å². The van der Waals surface area contributed by atoms with E-state index >= 15 is 0 Å². The molecule has 2 aliphatic rings. The second-order valence-electron chi connectivity index (χ2n) is 7.62. The van der Waals surface area contributed by atoms with Gasteiger partial charge in [0.15, 0.2) is 5.15 Å². The van der Waals surface area contributed by atoms with Crippen LogP contribution in [0.2, 0.25) is 10.2 Å². The zero-order chi connectivity index (χ0) is 21.9. The lowest BCUT2D eigenvalue weighted by Crippen LogP contribution is -2.22. The normalized spacial score (nSPS) is 16.7. The van der Waals surface area contributed by atoms with Crippen molar-refractivity contribution in [2.45, 2.75) is 32.1 Å². The summed E-state index contributed by atoms with van der Waals surface area (Å²) in [6.45, 7) is 4.92. The highest BCUT2D eigenvalue weighted by atomic mass is 35.5. The number of halogens is 2. The Bertz CT molecular complexity index is 831. The molecule has 0 unspecified atom stereocenters. The van der Waals surface area contributed by atoms with Crippen molar-refractivity contribution in [2.75, 3.05) is 43.5 Å². The quantitative estimate of drug-likeness (QED) is 0.426. The van der Waals surface area contributed by atoms with Crippen molar-refractivity contribution in [1.29, 1.82) is 0 Å². The molecule has 0 aromatic carbocycles. The van der Waals surface area contributed by atoms with Gasteiger partial charge in [-0.2, -0.15) is 0 Å². The third kappa shape index (κ3) is 7.61. The number of ether oxygens (including phenoxy) is 1. The van der Waals surface area contributed by atoms with Crippen LogP contribution in [0.25, 0.3) is 11.1 Å². The van der Waals surface area contributed by atoms with Gasteiger partial charge in [0.1, 0.15) is 5.82 Å². The van der Waals surface area contributed by atoms with Gasteiger partial charge in [0, 0.05) is 43.3 Å². The number of nitrogens with zero attached hydrogens (tertiary/aromatic N) is 2. The van der Waals surface area contributed by atoms with Crippen molar-refractivity contribution in [3.8, 4) is 11.1 Å². The van der Waals surface area contributed by atoms with Gasteiger partial charge in [0.2, 0.25) is 6.41 Å². The van der Waals surface area contributed by atoms with Crippen molar-refractivity contribution >= 4 is 41.1 Å². The van der Waals surface area contributed by atoms with Gasteiger partial charge >= 0.3 is 0 Å². The second-order valence-corrected chi connectivity index (χ2v) is 8.39. The van der Waals surface area contributed by atoms with E-state index in [9.17, 15) is 4.79 Å². The molecule has 31 heavy (non-hydrogen) atoms. The number of amides is 1. The Morgan fingerprint density at radius 3 is 2.52 bits per heavy atom. The van der Waals surface area contributed by atoms with Gasteiger partial charge in [0.05, 0.1) is 10.7 Å². The fraction of sp³-hybridized carbons (Fsp3) is 0.500. The highest BCUT2D eigenvalue weighted by Crippen LogP contribution is 2.32. The fourth-order valence-corrected chi connectivity index (χ4v) is 3.91. The molecule has 0 bridgehead atoms. The molecule has 3 N–H and O–H groups in total. The Hall–Kier alpha value is -1.93. The van der Waals surface area contributed by atoms with E-state index in [4.69, 9.17) is 27.9 Å². The molecular formula is C22H29Cl2N5O2. The molecule has 2 aliphatic heterocycles. The maximum absolute atomic E-state index is 10.6. The standard InChI is InChI=1S/C17H18Cl2N4O2.C5H11N/c18-14-9-21-16(23-10-24)6-13(14)12-5-15(17(19)22-8-12)20-7-11-1-3-25-4-2-11;1-2-4-6-5-3-1/h5-6,8-11,20H,1-4,7H2,(H,21,23,24);6H,1-5H2. The molecule has 4 rings (SSSR count). The fourth-order valence-electron chi connectivity index (χ4n) is 3.53. The van der Waals surface area contributed by atoms with Crippen LogP contribution >= 0.6 is 23.2 Å². The average Bonchev–Trinajstić information content (AvgIpc) is 2.82. The van der Waals surface area contributed by atoms with Gasteiger partial charge in [-0.25, -0.2) is 9.97 Å². The summed E-state index contributed by atoms with van der Waals surface area (Å²) in [5, 5.41) is 10.0. The van der Waals surface area contributed by atoms with E-state index in [2.05, 4.69) is 25.9 Å². The number of piperidine rings is 1. The van der Waals surface area contributed by atoms with Gasteiger partial charge in [0.25, 0.3) is 0 Å². The van der Waals surface area contributed by atoms with E-state index < -0.39 is 0 Å². The van der Waals surface area contributed by atoms with E-state index in [-0.39, 0.29) is 0 Å². The number of anilines is 2. The first-order valence-electron chi connectivity index (χ1n) is 10.7. The van der Waals surface area contributed by atoms with Crippen LogP contribution in [0.3, 0.4) is 0 Å². The highest BCUT2D eigenvalue weighted by Gasteiger charge is 2.15.